The molecule has 2 aromatic rings. The van der Waals surface area contributed by atoms with E-state index in [2.05, 4.69) is 0 Å². The zero-order valence-corrected chi connectivity index (χ0v) is 8.30. The second-order valence-electron chi connectivity index (χ2n) is 2.22. The predicted molar refractivity (Wildman–Crippen MR) is 52.8 cm³/mol. The first-order valence-corrected chi connectivity index (χ1v) is 5.40. The maximum atomic E-state index is 11.2. The Hall–Kier alpha value is -0.510. The van der Waals surface area contributed by atoms with E-state index in [9.17, 15) is 5.11 Å². The van der Waals surface area contributed by atoms with Gasteiger partial charge in [-0.05, 0) is 22.9 Å². The van der Waals surface area contributed by atoms with Crippen LogP contribution in [0.4, 0.5) is 0 Å². The SMILES string of the molecule is [O]c1sccc1-c1sccc1Cl. The molecule has 4 heteroatoms. The summed E-state index contributed by atoms with van der Waals surface area (Å²) in [4.78, 5) is 0.878. The molecule has 1 nitrogen and oxygen atoms in total. The molecule has 0 aromatic carbocycles. The molecule has 0 N–H and O–H groups in total. The third-order valence-corrected chi connectivity index (χ3v) is 3.57. The molecular formula is C8H4ClOS2. The van der Waals surface area contributed by atoms with Crippen LogP contribution in [0.3, 0.4) is 0 Å². The quantitative estimate of drug-likeness (QED) is 0.677. The summed E-state index contributed by atoms with van der Waals surface area (Å²) in [5, 5.41) is 15.7. The fraction of sp³-hybridized carbons (Fsp3) is 0. The van der Waals surface area contributed by atoms with E-state index in [1.54, 1.807) is 11.4 Å². The van der Waals surface area contributed by atoms with Gasteiger partial charge in [0.1, 0.15) is 0 Å². The summed E-state index contributed by atoms with van der Waals surface area (Å²) in [5.41, 5.74) is 0.722. The first-order chi connectivity index (χ1) is 5.79. The van der Waals surface area contributed by atoms with Crippen molar-refractivity contribution in [2.75, 3.05) is 0 Å². The highest BCUT2D eigenvalue weighted by molar-refractivity contribution is 7.16. The van der Waals surface area contributed by atoms with Gasteiger partial charge < -0.3 is 0 Å². The van der Waals surface area contributed by atoms with Gasteiger partial charge in [0.25, 0.3) is 0 Å². The standard InChI is InChI=1S/C8H4ClOS2/c9-6-2-4-11-7(6)5-1-3-12-8(5)10/h1-4H. The molecule has 0 saturated carbocycles. The van der Waals surface area contributed by atoms with E-state index in [1.807, 2.05) is 11.4 Å². The Morgan fingerprint density at radius 2 is 1.92 bits per heavy atom. The van der Waals surface area contributed by atoms with Crippen molar-refractivity contribution in [3.8, 4) is 15.5 Å². The molecule has 0 atom stereocenters. The van der Waals surface area contributed by atoms with Gasteiger partial charge in [-0.15, -0.1) is 22.7 Å². The van der Waals surface area contributed by atoms with Crippen molar-refractivity contribution >= 4 is 34.3 Å². The summed E-state index contributed by atoms with van der Waals surface area (Å²) in [6.07, 6.45) is 0. The molecule has 2 rings (SSSR count). The number of hydrogen-bond acceptors (Lipinski definition) is 2. The van der Waals surface area contributed by atoms with E-state index in [0.29, 0.717) is 5.02 Å². The van der Waals surface area contributed by atoms with Crippen LogP contribution < -0.4 is 0 Å². The molecule has 61 valence electrons. The molecule has 2 heterocycles. The van der Waals surface area contributed by atoms with E-state index in [1.165, 1.54) is 22.7 Å². The van der Waals surface area contributed by atoms with Crippen LogP contribution >= 0.6 is 34.3 Å². The molecule has 0 aliphatic rings. The van der Waals surface area contributed by atoms with Crippen molar-refractivity contribution in [1.29, 1.82) is 0 Å². The molecule has 0 aliphatic carbocycles. The van der Waals surface area contributed by atoms with Gasteiger partial charge in [0.2, 0.25) is 5.06 Å². The lowest BCUT2D eigenvalue weighted by Gasteiger charge is -1.91. The molecule has 2 aromatic heterocycles. The van der Waals surface area contributed by atoms with Gasteiger partial charge in [0.05, 0.1) is 15.5 Å². The number of rotatable bonds is 1. The summed E-state index contributed by atoms with van der Waals surface area (Å²) in [6.45, 7) is 0. The highest BCUT2D eigenvalue weighted by atomic mass is 35.5. The Kier molecular flexibility index (Phi) is 2.09. The number of halogens is 1. The Labute approximate surface area is 82.9 Å². The van der Waals surface area contributed by atoms with E-state index >= 15 is 0 Å². The third kappa shape index (κ3) is 1.24. The second-order valence-corrected chi connectivity index (χ2v) is 4.42. The van der Waals surface area contributed by atoms with E-state index in [0.717, 1.165) is 10.4 Å². The summed E-state index contributed by atoms with van der Waals surface area (Å²) in [6, 6.07) is 3.61. The zero-order chi connectivity index (χ0) is 8.55. The minimum atomic E-state index is 0.0827. The molecule has 1 radical (unpaired) electrons. The van der Waals surface area contributed by atoms with E-state index in [4.69, 9.17) is 11.6 Å². The van der Waals surface area contributed by atoms with Crippen LogP contribution in [0.2, 0.25) is 5.02 Å². The van der Waals surface area contributed by atoms with Crippen molar-refractivity contribution in [1.82, 2.24) is 0 Å². The molecule has 0 saturated heterocycles. The van der Waals surface area contributed by atoms with Gasteiger partial charge in [0.15, 0.2) is 0 Å². The normalized spacial score (nSPS) is 10.4. The van der Waals surface area contributed by atoms with Crippen molar-refractivity contribution in [2.24, 2.45) is 0 Å². The summed E-state index contributed by atoms with van der Waals surface area (Å²) in [5.74, 6) is 0. The third-order valence-electron chi connectivity index (χ3n) is 1.49. The maximum absolute atomic E-state index is 11.2. The molecule has 0 fully saturated rings. The average molecular weight is 216 g/mol. The lowest BCUT2D eigenvalue weighted by molar-refractivity contribution is 0.370. The first kappa shape index (κ1) is 8.10. The Bertz CT molecular complexity index is 353. The maximum Gasteiger partial charge on any atom is 0.241 e. The number of thiophene rings is 2. The molecule has 12 heavy (non-hydrogen) atoms. The van der Waals surface area contributed by atoms with Crippen LogP contribution in [0.1, 0.15) is 0 Å². The first-order valence-electron chi connectivity index (χ1n) is 3.27. The van der Waals surface area contributed by atoms with Crippen LogP contribution in [0.5, 0.6) is 5.06 Å². The molecule has 0 amide bonds. The predicted octanol–water partition coefficient (Wildman–Crippen LogP) is 4.27. The van der Waals surface area contributed by atoms with Gasteiger partial charge in [0, 0.05) is 0 Å². The van der Waals surface area contributed by atoms with Crippen LogP contribution in [0.25, 0.3) is 10.4 Å². The topological polar surface area (TPSA) is 19.9 Å². The van der Waals surface area contributed by atoms with Crippen LogP contribution in [-0.4, -0.2) is 0 Å². The molecular weight excluding hydrogens is 212 g/mol. The monoisotopic (exact) mass is 215 g/mol. The van der Waals surface area contributed by atoms with Crippen molar-refractivity contribution < 1.29 is 5.11 Å². The van der Waals surface area contributed by atoms with E-state index in [-0.39, 0.29) is 5.06 Å². The van der Waals surface area contributed by atoms with Gasteiger partial charge in [-0.1, -0.05) is 11.6 Å². The van der Waals surface area contributed by atoms with Gasteiger partial charge in [-0.2, -0.15) is 0 Å². The zero-order valence-electron chi connectivity index (χ0n) is 5.91. The van der Waals surface area contributed by atoms with Crippen molar-refractivity contribution in [3.63, 3.8) is 0 Å². The van der Waals surface area contributed by atoms with Gasteiger partial charge in [-0.25, -0.2) is 0 Å². The molecule has 0 aliphatic heterocycles. The largest absolute Gasteiger partial charge is 0.277 e. The molecule has 0 bridgehead atoms. The average Bonchev–Trinajstić information content (AvgIpc) is 2.59. The molecule has 0 unspecified atom stereocenters. The fourth-order valence-electron chi connectivity index (χ4n) is 0.950. The summed E-state index contributed by atoms with van der Waals surface area (Å²) in [7, 11) is 0. The Morgan fingerprint density at radius 3 is 2.42 bits per heavy atom. The lowest BCUT2D eigenvalue weighted by atomic mass is 10.3. The highest BCUT2D eigenvalue weighted by Crippen LogP contribution is 2.41. The van der Waals surface area contributed by atoms with Crippen LogP contribution in [0.15, 0.2) is 22.9 Å². The minimum absolute atomic E-state index is 0.0827. The molecule has 0 spiro atoms. The Morgan fingerprint density at radius 1 is 1.17 bits per heavy atom. The lowest BCUT2D eigenvalue weighted by Crippen LogP contribution is -1.65. The summed E-state index contributed by atoms with van der Waals surface area (Å²) >= 11 is 8.58. The highest BCUT2D eigenvalue weighted by Gasteiger charge is 2.11. The van der Waals surface area contributed by atoms with Crippen LogP contribution in [0, 0.1) is 0 Å². The second kappa shape index (κ2) is 3.09. The number of hydrogen-bond donors (Lipinski definition) is 0. The fourth-order valence-corrected chi connectivity index (χ4v) is 2.82. The minimum Gasteiger partial charge on any atom is -0.277 e. The smallest absolute Gasteiger partial charge is 0.241 e. The Balaban J connectivity index is 2.57. The van der Waals surface area contributed by atoms with Crippen LogP contribution in [-0.2, 0) is 5.11 Å². The summed E-state index contributed by atoms with van der Waals surface area (Å²) < 4.78 is 0. The van der Waals surface area contributed by atoms with Gasteiger partial charge >= 0.3 is 0 Å². The van der Waals surface area contributed by atoms with Crippen molar-refractivity contribution in [3.05, 3.63) is 27.9 Å². The van der Waals surface area contributed by atoms with E-state index < -0.39 is 0 Å². The van der Waals surface area contributed by atoms with Crippen molar-refractivity contribution in [2.45, 2.75) is 0 Å². The van der Waals surface area contributed by atoms with Gasteiger partial charge in [-0.3, -0.25) is 5.11 Å².